The summed E-state index contributed by atoms with van der Waals surface area (Å²) in [5.74, 6) is 0.164. The van der Waals surface area contributed by atoms with Crippen LogP contribution in [-0.2, 0) is 0 Å². The van der Waals surface area contributed by atoms with Crippen molar-refractivity contribution >= 4 is 60.4 Å². The van der Waals surface area contributed by atoms with Gasteiger partial charge < -0.3 is 4.90 Å². The molecule has 0 unspecified atom stereocenters. The van der Waals surface area contributed by atoms with Crippen LogP contribution < -0.4 is 0 Å². The smallest absolute Gasteiger partial charge is 0.255 e. The highest BCUT2D eigenvalue weighted by Gasteiger charge is 2.27. The van der Waals surface area contributed by atoms with Gasteiger partial charge in [-0.25, -0.2) is 0 Å². The van der Waals surface area contributed by atoms with Crippen molar-refractivity contribution in [2.45, 2.75) is 31.7 Å². The standard InChI is InChI=1S/C14H16Br2INO/c15-7-8-18(11-3-1-2-4-11)14(19)12-9-10(16)5-6-13(12)17/h5-6,9,11H,1-4,7-8H2. The van der Waals surface area contributed by atoms with Crippen molar-refractivity contribution in [2.75, 3.05) is 11.9 Å². The van der Waals surface area contributed by atoms with E-state index in [1.165, 1.54) is 12.8 Å². The van der Waals surface area contributed by atoms with E-state index in [9.17, 15) is 4.79 Å². The average Bonchev–Trinajstić information content (AvgIpc) is 2.92. The van der Waals surface area contributed by atoms with Crippen LogP contribution >= 0.6 is 54.5 Å². The van der Waals surface area contributed by atoms with Crippen LogP contribution in [0.25, 0.3) is 0 Å². The van der Waals surface area contributed by atoms with E-state index >= 15 is 0 Å². The molecule has 1 aromatic carbocycles. The zero-order valence-corrected chi connectivity index (χ0v) is 15.9. The highest BCUT2D eigenvalue weighted by atomic mass is 127. The van der Waals surface area contributed by atoms with Gasteiger partial charge in [-0.3, -0.25) is 4.79 Å². The van der Waals surface area contributed by atoms with Gasteiger partial charge in [0, 0.05) is 26.0 Å². The number of hydrogen-bond acceptors (Lipinski definition) is 1. The van der Waals surface area contributed by atoms with Gasteiger partial charge in [0.2, 0.25) is 0 Å². The van der Waals surface area contributed by atoms with E-state index in [0.717, 1.165) is 38.3 Å². The first kappa shape index (κ1) is 15.8. The second-order valence-electron chi connectivity index (χ2n) is 4.75. The molecule has 0 spiro atoms. The summed E-state index contributed by atoms with van der Waals surface area (Å²) in [5, 5.41) is 0.833. The molecule has 0 radical (unpaired) electrons. The fourth-order valence-corrected chi connectivity index (χ4v) is 3.88. The first-order valence-corrected chi connectivity index (χ1v) is 9.45. The minimum atomic E-state index is 0.164. The van der Waals surface area contributed by atoms with Crippen molar-refractivity contribution in [1.29, 1.82) is 0 Å². The lowest BCUT2D eigenvalue weighted by atomic mass is 10.1. The predicted octanol–water partition coefficient (Wildman–Crippen LogP) is 4.83. The Morgan fingerprint density at radius 2 is 2.05 bits per heavy atom. The molecule has 1 fully saturated rings. The Morgan fingerprint density at radius 3 is 2.68 bits per heavy atom. The molecular weight excluding hydrogens is 485 g/mol. The molecule has 1 aliphatic rings. The fraction of sp³-hybridized carbons (Fsp3) is 0.500. The topological polar surface area (TPSA) is 20.3 Å². The van der Waals surface area contributed by atoms with Crippen molar-refractivity contribution in [3.05, 3.63) is 31.8 Å². The van der Waals surface area contributed by atoms with Crippen LogP contribution in [0.4, 0.5) is 0 Å². The van der Waals surface area contributed by atoms with Gasteiger partial charge >= 0.3 is 0 Å². The quantitative estimate of drug-likeness (QED) is 0.428. The van der Waals surface area contributed by atoms with E-state index in [-0.39, 0.29) is 5.91 Å². The van der Waals surface area contributed by atoms with E-state index in [1.807, 2.05) is 23.1 Å². The summed E-state index contributed by atoms with van der Waals surface area (Å²) in [5.41, 5.74) is 0.808. The Kier molecular flexibility index (Phi) is 6.14. The molecule has 19 heavy (non-hydrogen) atoms. The van der Waals surface area contributed by atoms with Crippen LogP contribution in [0.5, 0.6) is 0 Å². The number of carbonyl (C=O) groups excluding carboxylic acids is 1. The molecule has 0 heterocycles. The summed E-state index contributed by atoms with van der Waals surface area (Å²) in [6.07, 6.45) is 4.77. The number of rotatable bonds is 4. The SMILES string of the molecule is O=C(c1cc(Br)ccc1I)N(CCBr)C1CCCC1. The molecule has 0 bridgehead atoms. The van der Waals surface area contributed by atoms with Crippen molar-refractivity contribution < 1.29 is 4.79 Å². The Bertz CT molecular complexity index is 461. The molecule has 1 aliphatic carbocycles. The summed E-state index contributed by atoms with van der Waals surface area (Å²) < 4.78 is 1.98. The number of nitrogens with zero attached hydrogens (tertiary/aromatic N) is 1. The molecule has 1 amide bonds. The maximum atomic E-state index is 12.8. The predicted molar refractivity (Wildman–Crippen MR) is 93.9 cm³/mol. The van der Waals surface area contributed by atoms with Crippen molar-refractivity contribution in [1.82, 2.24) is 4.90 Å². The number of alkyl halides is 1. The molecule has 104 valence electrons. The van der Waals surface area contributed by atoms with Crippen LogP contribution in [0.2, 0.25) is 0 Å². The monoisotopic (exact) mass is 499 g/mol. The molecule has 1 aromatic rings. The molecule has 5 heteroatoms. The zero-order valence-electron chi connectivity index (χ0n) is 10.5. The van der Waals surface area contributed by atoms with Gasteiger partial charge in [-0.2, -0.15) is 0 Å². The van der Waals surface area contributed by atoms with E-state index in [0.29, 0.717) is 6.04 Å². The Hall–Kier alpha value is 0.380. The van der Waals surface area contributed by atoms with Gasteiger partial charge in [0.25, 0.3) is 5.91 Å². The summed E-state index contributed by atoms with van der Waals surface area (Å²) in [7, 11) is 0. The summed E-state index contributed by atoms with van der Waals surface area (Å²) in [4.78, 5) is 14.8. The van der Waals surface area contributed by atoms with Crippen LogP contribution in [0.15, 0.2) is 22.7 Å². The maximum absolute atomic E-state index is 12.8. The van der Waals surface area contributed by atoms with Gasteiger partial charge in [0.1, 0.15) is 0 Å². The summed E-state index contributed by atoms with van der Waals surface area (Å²) >= 11 is 9.16. The lowest BCUT2D eigenvalue weighted by molar-refractivity contribution is 0.0695. The largest absolute Gasteiger partial charge is 0.335 e. The van der Waals surface area contributed by atoms with Gasteiger partial charge in [0.05, 0.1) is 5.56 Å². The van der Waals surface area contributed by atoms with Gasteiger partial charge in [-0.05, 0) is 53.6 Å². The van der Waals surface area contributed by atoms with Gasteiger partial charge in [-0.1, -0.05) is 44.7 Å². The Morgan fingerprint density at radius 1 is 1.37 bits per heavy atom. The number of amides is 1. The third kappa shape index (κ3) is 3.94. The van der Waals surface area contributed by atoms with Crippen molar-refractivity contribution in [3.63, 3.8) is 0 Å². The molecule has 0 aromatic heterocycles. The van der Waals surface area contributed by atoms with Crippen LogP contribution in [0.1, 0.15) is 36.0 Å². The minimum absolute atomic E-state index is 0.164. The molecule has 2 rings (SSSR count). The van der Waals surface area contributed by atoms with E-state index < -0.39 is 0 Å². The Labute approximate surface area is 144 Å². The molecule has 0 N–H and O–H groups in total. The van der Waals surface area contributed by atoms with Crippen molar-refractivity contribution in [2.24, 2.45) is 0 Å². The van der Waals surface area contributed by atoms with Gasteiger partial charge in [-0.15, -0.1) is 0 Å². The van der Waals surface area contributed by atoms with E-state index in [2.05, 4.69) is 54.5 Å². The molecule has 0 saturated heterocycles. The first-order chi connectivity index (χ1) is 9.13. The highest BCUT2D eigenvalue weighted by molar-refractivity contribution is 14.1. The summed E-state index contributed by atoms with van der Waals surface area (Å²) in [6.45, 7) is 0.784. The van der Waals surface area contributed by atoms with E-state index in [4.69, 9.17) is 0 Å². The van der Waals surface area contributed by atoms with E-state index in [1.54, 1.807) is 0 Å². The number of carbonyl (C=O) groups is 1. The minimum Gasteiger partial charge on any atom is -0.335 e. The Balaban J connectivity index is 2.25. The van der Waals surface area contributed by atoms with Crippen LogP contribution in [-0.4, -0.2) is 28.7 Å². The van der Waals surface area contributed by atoms with Gasteiger partial charge in [0.15, 0.2) is 0 Å². The molecule has 0 atom stereocenters. The zero-order chi connectivity index (χ0) is 13.8. The summed E-state index contributed by atoms with van der Waals surface area (Å²) in [6, 6.07) is 6.31. The second kappa shape index (κ2) is 7.41. The first-order valence-electron chi connectivity index (χ1n) is 6.45. The third-order valence-corrected chi connectivity index (χ3v) is 5.30. The third-order valence-electron chi connectivity index (χ3n) is 3.51. The van der Waals surface area contributed by atoms with Crippen LogP contribution in [0.3, 0.4) is 0 Å². The molecular formula is C14H16Br2INO. The number of hydrogen-bond donors (Lipinski definition) is 0. The molecule has 2 nitrogen and oxygen atoms in total. The maximum Gasteiger partial charge on any atom is 0.255 e. The fourth-order valence-electron chi connectivity index (χ4n) is 2.57. The number of halogens is 3. The molecule has 0 aliphatic heterocycles. The van der Waals surface area contributed by atoms with Crippen LogP contribution in [0, 0.1) is 3.57 Å². The second-order valence-corrected chi connectivity index (χ2v) is 7.62. The average molecular weight is 501 g/mol. The van der Waals surface area contributed by atoms with Crippen molar-refractivity contribution in [3.8, 4) is 0 Å². The lowest BCUT2D eigenvalue weighted by Gasteiger charge is -2.29. The lowest BCUT2D eigenvalue weighted by Crippen LogP contribution is -2.40. The molecule has 1 saturated carbocycles. The number of benzene rings is 1. The highest BCUT2D eigenvalue weighted by Crippen LogP contribution is 2.27. The normalized spacial score (nSPS) is 15.7.